The van der Waals surface area contributed by atoms with Crippen molar-refractivity contribution in [1.82, 2.24) is 5.32 Å². The third kappa shape index (κ3) is 5.34. The maximum Gasteiger partial charge on any atom is 0.326 e. The first-order valence-electron chi connectivity index (χ1n) is 4.86. The van der Waals surface area contributed by atoms with Crippen LogP contribution in [0.1, 0.15) is 13.3 Å². The average Bonchev–Trinajstić information content (AvgIpc) is 2.21. The minimum atomic E-state index is -1.10. The second kappa shape index (κ2) is 7.48. The molecule has 0 rings (SSSR count). The lowest BCUT2D eigenvalue weighted by molar-refractivity contribution is -0.142. The van der Waals surface area contributed by atoms with E-state index >= 15 is 0 Å². The highest BCUT2D eigenvalue weighted by atomic mass is 32.2. The predicted octanol–water partition coefficient (Wildman–Crippen LogP) is -0.983. The molecule has 5 N–H and O–H groups in total. The summed E-state index contributed by atoms with van der Waals surface area (Å²) in [5.74, 6) is -1.12. The van der Waals surface area contributed by atoms with Crippen molar-refractivity contribution in [2.45, 2.75) is 31.5 Å². The Morgan fingerprint density at radius 3 is 2.44 bits per heavy atom. The van der Waals surface area contributed by atoms with Gasteiger partial charge in [0.15, 0.2) is 0 Å². The first-order chi connectivity index (χ1) is 7.40. The van der Waals surface area contributed by atoms with Crippen LogP contribution in [0.5, 0.6) is 0 Å². The fraction of sp³-hybridized carbons (Fsp3) is 0.778. The molecule has 0 heterocycles. The van der Waals surface area contributed by atoms with Gasteiger partial charge in [-0.15, -0.1) is 0 Å². The molecule has 0 aliphatic heterocycles. The molecule has 0 fully saturated rings. The van der Waals surface area contributed by atoms with Gasteiger partial charge in [-0.2, -0.15) is 11.8 Å². The second-order valence-corrected chi connectivity index (χ2v) is 4.43. The van der Waals surface area contributed by atoms with Crippen LogP contribution in [0, 0.1) is 0 Å². The lowest BCUT2D eigenvalue weighted by Crippen LogP contribution is -2.52. The van der Waals surface area contributed by atoms with Crippen LogP contribution in [0.2, 0.25) is 0 Å². The SMILES string of the molecule is CSCC[C@H](NC(=O)[C@H](N)[C@@H](C)O)C(=O)O. The summed E-state index contributed by atoms with van der Waals surface area (Å²) in [6, 6.07) is -2.05. The van der Waals surface area contributed by atoms with Crippen molar-refractivity contribution >= 4 is 23.6 Å². The van der Waals surface area contributed by atoms with Crippen molar-refractivity contribution in [3.8, 4) is 0 Å². The third-order valence-corrected chi connectivity index (χ3v) is 2.69. The molecule has 0 aromatic rings. The molecule has 7 heteroatoms. The molecule has 0 aromatic carbocycles. The van der Waals surface area contributed by atoms with Gasteiger partial charge in [0.05, 0.1) is 6.10 Å². The highest BCUT2D eigenvalue weighted by molar-refractivity contribution is 7.98. The normalized spacial score (nSPS) is 16.2. The zero-order chi connectivity index (χ0) is 12.7. The molecule has 16 heavy (non-hydrogen) atoms. The number of aliphatic carboxylic acids is 1. The maximum absolute atomic E-state index is 11.4. The molecule has 0 aromatic heterocycles. The van der Waals surface area contributed by atoms with E-state index < -0.39 is 30.1 Å². The molecule has 1 amide bonds. The van der Waals surface area contributed by atoms with E-state index in [4.69, 9.17) is 15.9 Å². The van der Waals surface area contributed by atoms with Crippen molar-refractivity contribution in [2.24, 2.45) is 5.73 Å². The highest BCUT2D eigenvalue weighted by Gasteiger charge is 2.25. The smallest absolute Gasteiger partial charge is 0.326 e. The molecule has 0 spiro atoms. The molecule has 0 radical (unpaired) electrons. The van der Waals surface area contributed by atoms with Gasteiger partial charge in [0, 0.05) is 0 Å². The van der Waals surface area contributed by atoms with Crippen LogP contribution >= 0.6 is 11.8 Å². The van der Waals surface area contributed by atoms with Gasteiger partial charge in [0.1, 0.15) is 12.1 Å². The van der Waals surface area contributed by atoms with Gasteiger partial charge in [0.2, 0.25) is 5.91 Å². The van der Waals surface area contributed by atoms with E-state index in [0.29, 0.717) is 12.2 Å². The van der Waals surface area contributed by atoms with Crippen LogP contribution in [0.3, 0.4) is 0 Å². The molecule has 0 saturated heterocycles. The number of amides is 1. The summed E-state index contributed by atoms with van der Waals surface area (Å²) in [5, 5.41) is 20.2. The Balaban J connectivity index is 4.28. The summed E-state index contributed by atoms with van der Waals surface area (Å²) in [6.07, 6.45) is 1.17. The monoisotopic (exact) mass is 250 g/mol. The molecule has 94 valence electrons. The third-order valence-electron chi connectivity index (χ3n) is 2.05. The van der Waals surface area contributed by atoms with Crippen molar-refractivity contribution < 1.29 is 19.8 Å². The van der Waals surface area contributed by atoms with Gasteiger partial charge >= 0.3 is 5.97 Å². The molecule has 6 nitrogen and oxygen atoms in total. The van der Waals surface area contributed by atoms with Crippen molar-refractivity contribution in [1.29, 1.82) is 0 Å². The Morgan fingerprint density at radius 1 is 1.50 bits per heavy atom. The Labute approximate surface area is 98.6 Å². The molecular weight excluding hydrogens is 232 g/mol. The van der Waals surface area contributed by atoms with Crippen molar-refractivity contribution in [2.75, 3.05) is 12.0 Å². The number of nitrogens with one attached hydrogen (secondary N) is 1. The zero-order valence-electron chi connectivity index (χ0n) is 9.34. The van der Waals surface area contributed by atoms with Gasteiger partial charge in [0.25, 0.3) is 0 Å². The lowest BCUT2D eigenvalue weighted by atomic mass is 10.1. The minimum absolute atomic E-state index is 0.328. The number of hydrogen-bond acceptors (Lipinski definition) is 5. The fourth-order valence-corrected chi connectivity index (χ4v) is 1.45. The van der Waals surface area contributed by atoms with Crippen molar-refractivity contribution in [3.05, 3.63) is 0 Å². The topological polar surface area (TPSA) is 113 Å². The largest absolute Gasteiger partial charge is 0.480 e. The van der Waals surface area contributed by atoms with Crippen LogP contribution in [0.25, 0.3) is 0 Å². The summed E-state index contributed by atoms with van der Waals surface area (Å²) < 4.78 is 0. The number of thioether (sulfide) groups is 1. The minimum Gasteiger partial charge on any atom is -0.480 e. The lowest BCUT2D eigenvalue weighted by Gasteiger charge is -2.18. The van der Waals surface area contributed by atoms with Gasteiger partial charge in [-0.05, 0) is 25.4 Å². The van der Waals surface area contributed by atoms with Crippen LogP contribution in [-0.2, 0) is 9.59 Å². The van der Waals surface area contributed by atoms with E-state index in [9.17, 15) is 9.59 Å². The van der Waals surface area contributed by atoms with Gasteiger partial charge in [-0.3, -0.25) is 4.79 Å². The fourth-order valence-electron chi connectivity index (χ4n) is 0.980. The van der Waals surface area contributed by atoms with Crippen LogP contribution < -0.4 is 11.1 Å². The predicted molar refractivity (Wildman–Crippen MR) is 62.2 cm³/mol. The van der Waals surface area contributed by atoms with E-state index in [1.54, 1.807) is 0 Å². The number of carboxylic acids is 1. The number of nitrogens with two attached hydrogens (primary N) is 1. The molecule has 0 unspecified atom stereocenters. The van der Waals surface area contributed by atoms with Crippen LogP contribution in [-0.4, -0.2) is 52.3 Å². The van der Waals surface area contributed by atoms with Gasteiger partial charge in [-0.25, -0.2) is 4.79 Å². The van der Waals surface area contributed by atoms with Gasteiger partial charge < -0.3 is 21.3 Å². The number of carboxylic acid groups (broad SMARTS) is 1. The summed E-state index contributed by atoms with van der Waals surface area (Å²) in [6.45, 7) is 1.38. The first-order valence-corrected chi connectivity index (χ1v) is 6.25. The highest BCUT2D eigenvalue weighted by Crippen LogP contribution is 2.01. The Hall–Kier alpha value is -0.790. The van der Waals surface area contributed by atoms with Gasteiger partial charge in [-0.1, -0.05) is 0 Å². The molecule has 0 bridgehead atoms. The Morgan fingerprint density at radius 2 is 2.06 bits per heavy atom. The van der Waals surface area contributed by atoms with Crippen LogP contribution in [0.4, 0.5) is 0 Å². The van der Waals surface area contributed by atoms with Crippen molar-refractivity contribution in [3.63, 3.8) is 0 Å². The number of hydrogen-bond donors (Lipinski definition) is 4. The first kappa shape index (κ1) is 15.2. The number of aliphatic hydroxyl groups excluding tert-OH is 1. The number of carbonyl (C=O) groups excluding carboxylic acids is 1. The standard InChI is InChI=1S/C9H18N2O4S/c1-5(12)7(10)8(13)11-6(9(14)15)3-4-16-2/h5-7,12H,3-4,10H2,1-2H3,(H,11,13)(H,14,15)/t5-,6+,7-/m1/s1. The average molecular weight is 250 g/mol. The molecule has 3 atom stereocenters. The molecule has 0 aliphatic rings. The summed E-state index contributed by atoms with van der Waals surface area (Å²) >= 11 is 1.49. The molecular formula is C9H18N2O4S. The Bertz CT molecular complexity index is 248. The number of rotatable bonds is 7. The second-order valence-electron chi connectivity index (χ2n) is 3.45. The van der Waals surface area contributed by atoms with E-state index in [2.05, 4.69) is 5.32 Å². The summed E-state index contributed by atoms with van der Waals surface area (Å²) in [7, 11) is 0. The van der Waals surface area contributed by atoms with Crippen LogP contribution in [0.15, 0.2) is 0 Å². The van der Waals surface area contributed by atoms with E-state index in [0.717, 1.165) is 0 Å². The maximum atomic E-state index is 11.4. The molecule has 0 aliphatic carbocycles. The van der Waals surface area contributed by atoms with E-state index in [-0.39, 0.29) is 0 Å². The number of aliphatic hydroxyl groups is 1. The van der Waals surface area contributed by atoms with E-state index in [1.165, 1.54) is 18.7 Å². The Kier molecular flexibility index (Phi) is 7.11. The van der Waals surface area contributed by atoms with E-state index in [1.807, 2.05) is 6.26 Å². The summed E-state index contributed by atoms with van der Waals surface area (Å²) in [4.78, 5) is 22.2. The number of carbonyl (C=O) groups is 2. The molecule has 0 saturated carbocycles. The summed E-state index contributed by atoms with van der Waals surface area (Å²) in [5.41, 5.74) is 5.38. The quantitative estimate of drug-likeness (QED) is 0.462. The zero-order valence-corrected chi connectivity index (χ0v) is 10.2.